The Morgan fingerprint density at radius 2 is 0.847 bits per heavy atom. The molecule has 2 aliphatic heterocycles. The van der Waals surface area contributed by atoms with Gasteiger partial charge in [0.1, 0.15) is 0 Å². The zero-order valence-electron chi connectivity index (χ0n) is 42.7. The third-order valence-electron chi connectivity index (χ3n) is 14.0. The van der Waals surface area contributed by atoms with Crippen LogP contribution in [0.5, 0.6) is 0 Å². The lowest BCUT2D eigenvalue weighted by Crippen LogP contribution is -2.25. The van der Waals surface area contributed by atoms with E-state index in [4.69, 9.17) is 9.97 Å². The van der Waals surface area contributed by atoms with E-state index in [0.717, 1.165) is 130 Å². The summed E-state index contributed by atoms with van der Waals surface area (Å²) >= 11 is 0. The molecule has 3 aromatic heterocycles. The van der Waals surface area contributed by atoms with Crippen LogP contribution >= 0.6 is 0 Å². The van der Waals surface area contributed by atoms with Gasteiger partial charge in [-0.2, -0.15) is 0 Å². The fourth-order valence-electron chi connectivity index (χ4n) is 9.83. The van der Waals surface area contributed by atoms with Crippen LogP contribution in [0.25, 0.3) is 46.4 Å². The standard InChI is InChI=1S/C67H69N5/c1-4-6-8-16-48-72(49-17-9-7-5-2)55-36-32-54(33-37-55)35-39-59-66-46-42-62(70-66)56(26-18-24-51-20-12-10-13-21-51)60-40-44-64(68-60)58(38-34-53-30-28-50(3)29-31-53)65-45-41-61(69-65)57(63-43-47-67(59)71-63)27-19-25-52-22-14-11-15-23-52/h10-15,20-23,28-33,36-37,40-47,70-71H,4-9,16-19,24-27,48-49H2,1-3H3. The molecule has 0 saturated heterocycles. The minimum Gasteiger partial charge on any atom is -0.372 e. The van der Waals surface area contributed by atoms with E-state index < -0.39 is 0 Å². The predicted molar refractivity (Wildman–Crippen MR) is 306 cm³/mol. The van der Waals surface area contributed by atoms with Crippen LogP contribution in [-0.4, -0.2) is 33.0 Å². The number of rotatable bonds is 19. The van der Waals surface area contributed by atoms with E-state index in [2.05, 4.69) is 217 Å². The Bertz CT molecular complexity index is 3120. The van der Waals surface area contributed by atoms with Crippen LogP contribution in [-0.2, 0) is 25.7 Å². The summed E-state index contributed by atoms with van der Waals surface area (Å²) in [7, 11) is 0. The van der Waals surface area contributed by atoms with E-state index in [1.165, 1.54) is 73.7 Å². The first-order valence-corrected chi connectivity index (χ1v) is 26.7. The third kappa shape index (κ3) is 13.0. The van der Waals surface area contributed by atoms with Crippen LogP contribution in [0.2, 0.25) is 0 Å². The summed E-state index contributed by atoms with van der Waals surface area (Å²) in [6.45, 7) is 8.87. The van der Waals surface area contributed by atoms with E-state index in [9.17, 15) is 0 Å². The molecule has 8 bridgehead atoms. The molecule has 0 fully saturated rings. The Kier molecular flexibility index (Phi) is 17.1. The molecule has 0 saturated carbocycles. The zero-order chi connectivity index (χ0) is 49.3. The average Bonchev–Trinajstić information content (AvgIpc) is 4.28. The molecule has 72 heavy (non-hydrogen) atoms. The molecule has 9 rings (SSSR count). The van der Waals surface area contributed by atoms with Gasteiger partial charge < -0.3 is 14.9 Å². The predicted octanol–water partition coefficient (Wildman–Crippen LogP) is 16.1. The van der Waals surface area contributed by atoms with Gasteiger partial charge >= 0.3 is 0 Å². The molecule has 0 spiro atoms. The number of anilines is 1. The molecule has 2 aliphatic rings. The summed E-state index contributed by atoms with van der Waals surface area (Å²) in [6.07, 6.45) is 24.2. The number of aryl methyl sites for hydroxylation is 5. The van der Waals surface area contributed by atoms with Gasteiger partial charge in [0.15, 0.2) is 0 Å². The van der Waals surface area contributed by atoms with Crippen molar-refractivity contribution in [2.45, 2.75) is 111 Å². The summed E-state index contributed by atoms with van der Waals surface area (Å²) in [6, 6.07) is 47.7. The highest BCUT2D eigenvalue weighted by atomic mass is 15.1. The van der Waals surface area contributed by atoms with Gasteiger partial charge in [0, 0.05) is 52.1 Å². The van der Waals surface area contributed by atoms with Crippen molar-refractivity contribution < 1.29 is 0 Å². The number of H-pyrrole nitrogens is 2. The summed E-state index contributed by atoms with van der Waals surface area (Å²) in [5, 5.41) is 0. The first-order chi connectivity index (χ1) is 35.5. The largest absolute Gasteiger partial charge is 0.372 e. The smallest absolute Gasteiger partial charge is 0.0816 e. The van der Waals surface area contributed by atoms with Crippen molar-refractivity contribution in [3.05, 3.63) is 206 Å². The van der Waals surface area contributed by atoms with Crippen molar-refractivity contribution in [2.24, 2.45) is 0 Å². The highest BCUT2D eigenvalue weighted by Crippen LogP contribution is 2.29. The van der Waals surface area contributed by atoms with Crippen molar-refractivity contribution in [1.29, 1.82) is 0 Å². The van der Waals surface area contributed by atoms with Crippen LogP contribution in [0.15, 0.2) is 133 Å². The van der Waals surface area contributed by atoms with Crippen molar-refractivity contribution >= 4 is 52.1 Å². The number of aromatic amines is 2. The van der Waals surface area contributed by atoms with E-state index >= 15 is 0 Å². The molecule has 7 aromatic rings. The van der Waals surface area contributed by atoms with Gasteiger partial charge in [0.05, 0.1) is 44.9 Å². The molecule has 4 aromatic carbocycles. The number of unbranched alkanes of at least 4 members (excludes halogenated alkanes) is 6. The van der Waals surface area contributed by atoms with Crippen LogP contribution in [0.1, 0.15) is 151 Å². The topological polar surface area (TPSA) is 60.6 Å². The molecule has 362 valence electrons. The molecule has 5 nitrogen and oxygen atoms in total. The molecule has 5 heterocycles. The highest BCUT2D eigenvalue weighted by molar-refractivity contribution is 5.86. The zero-order valence-corrected chi connectivity index (χ0v) is 42.7. The van der Waals surface area contributed by atoms with Crippen molar-refractivity contribution in [2.75, 3.05) is 18.0 Å². The Morgan fingerprint density at radius 3 is 1.33 bits per heavy atom. The van der Waals surface area contributed by atoms with Gasteiger partial charge in [0.25, 0.3) is 0 Å². The summed E-state index contributed by atoms with van der Waals surface area (Å²) in [5.74, 6) is 14.3. The van der Waals surface area contributed by atoms with Gasteiger partial charge in [-0.05, 0) is 154 Å². The second kappa shape index (κ2) is 25.0. The first-order valence-electron chi connectivity index (χ1n) is 26.7. The first kappa shape index (κ1) is 49.4. The molecule has 0 aliphatic carbocycles. The van der Waals surface area contributed by atoms with Crippen LogP contribution in [0, 0.1) is 30.6 Å². The Morgan fingerprint density at radius 1 is 0.403 bits per heavy atom. The van der Waals surface area contributed by atoms with Crippen LogP contribution in [0.4, 0.5) is 5.69 Å². The third-order valence-corrected chi connectivity index (χ3v) is 14.0. The normalized spacial score (nSPS) is 11.5. The molecule has 0 amide bonds. The van der Waals surface area contributed by atoms with Gasteiger partial charge in [-0.25, -0.2) is 9.97 Å². The minimum atomic E-state index is 0.817. The number of benzene rings is 4. The lowest BCUT2D eigenvalue weighted by Gasteiger charge is -2.25. The van der Waals surface area contributed by atoms with Crippen molar-refractivity contribution in [3.63, 3.8) is 0 Å². The second-order valence-electron chi connectivity index (χ2n) is 19.4. The Labute approximate surface area is 428 Å². The lowest BCUT2D eigenvalue weighted by molar-refractivity contribution is 0.609. The number of fused-ring (bicyclic) bond motifs is 8. The fourth-order valence-corrected chi connectivity index (χ4v) is 9.83. The number of nitrogens with one attached hydrogen (secondary N) is 2. The number of aromatic nitrogens is 4. The van der Waals surface area contributed by atoms with Crippen molar-refractivity contribution in [3.8, 4) is 23.7 Å². The van der Waals surface area contributed by atoms with Gasteiger partial charge in [-0.1, -0.05) is 154 Å². The number of hydrogen-bond donors (Lipinski definition) is 2. The fraction of sp³-hybridized carbons (Fsp3) is 0.284. The molecule has 0 unspecified atom stereocenters. The average molecular weight is 944 g/mol. The second-order valence-corrected chi connectivity index (χ2v) is 19.4. The minimum absolute atomic E-state index is 0.817. The van der Waals surface area contributed by atoms with Crippen LogP contribution in [0.3, 0.4) is 0 Å². The Balaban J connectivity index is 1.18. The number of nitrogens with zero attached hydrogens (tertiary/aromatic N) is 3. The maximum absolute atomic E-state index is 5.41. The van der Waals surface area contributed by atoms with Gasteiger partial charge in [-0.3, -0.25) is 0 Å². The van der Waals surface area contributed by atoms with Gasteiger partial charge in [-0.15, -0.1) is 0 Å². The van der Waals surface area contributed by atoms with E-state index in [1.807, 2.05) is 0 Å². The van der Waals surface area contributed by atoms with Gasteiger partial charge in [0.2, 0.25) is 0 Å². The quantitative estimate of drug-likeness (QED) is 0.0627. The molecular formula is C67H69N5. The van der Waals surface area contributed by atoms with E-state index in [1.54, 1.807) is 0 Å². The maximum atomic E-state index is 5.41. The molecule has 0 radical (unpaired) electrons. The van der Waals surface area contributed by atoms with E-state index in [-0.39, 0.29) is 0 Å². The molecule has 0 atom stereocenters. The maximum Gasteiger partial charge on any atom is 0.0816 e. The lowest BCUT2D eigenvalue weighted by atomic mass is 10.0. The Hall–Kier alpha value is -7.60. The molecule has 5 heteroatoms. The number of hydrogen-bond acceptors (Lipinski definition) is 3. The summed E-state index contributed by atoms with van der Waals surface area (Å²) in [5.41, 5.74) is 18.7. The molecule has 2 N–H and O–H groups in total. The van der Waals surface area contributed by atoms with E-state index in [0.29, 0.717) is 0 Å². The summed E-state index contributed by atoms with van der Waals surface area (Å²) in [4.78, 5) is 21.2. The highest BCUT2D eigenvalue weighted by Gasteiger charge is 2.17. The SMILES string of the molecule is CCCCCCN(CCCCCC)c1ccc(C#Cc2c3ccc([nH]3)c(CCCc3ccccc3)c3nc(c(C#Cc4ccc(C)cc4)c4nc(c(CCCc5ccccc5)c5ccc2[nH]5)C=C4)C=C3)cc1. The molecular weight excluding hydrogens is 875 g/mol. The summed E-state index contributed by atoms with van der Waals surface area (Å²) < 4.78 is 0. The van der Waals surface area contributed by atoms with Crippen molar-refractivity contribution in [1.82, 2.24) is 19.9 Å². The van der Waals surface area contributed by atoms with Crippen LogP contribution < -0.4 is 4.90 Å². The monoisotopic (exact) mass is 944 g/mol.